The molecule has 0 saturated carbocycles. The number of rotatable bonds is 5. The Hall–Kier alpha value is -1.52. The minimum absolute atomic E-state index is 0.205. The Kier molecular flexibility index (Phi) is 5.14. The van der Waals surface area contributed by atoms with E-state index in [1.807, 2.05) is 0 Å². The molecular formula is C12H13F3N4OS2. The number of halogens is 3. The minimum atomic E-state index is -4.48. The van der Waals surface area contributed by atoms with Crippen LogP contribution in [0.1, 0.15) is 45.6 Å². The third kappa shape index (κ3) is 3.81. The summed E-state index contributed by atoms with van der Waals surface area (Å²) in [6.45, 7) is 1.99. The van der Waals surface area contributed by atoms with Crippen LogP contribution in [0.15, 0.2) is 10.8 Å². The van der Waals surface area contributed by atoms with Crippen LogP contribution in [-0.4, -0.2) is 15.9 Å². The molecule has 0 spiro atoms. The van der Waals surface area contributed by atoms with Crippen molar-refractivity contribution in [2.75, 3.05) is 0 Å². The zero-order chi connectivity index (χ0) is 16.3. The van der Waals surface area contributed by atoms with Crippen molar-refractivity contribution < 1.29 is 18.0 Å². The van der Waals surface area contributed by atoms with Gasteiger partial charge in [-0.1, -0.05) is 6.92 Å². The number of carbonyl (C=O) groups is 1. The van der Waals surface area contributed by atoms with Crippen LogP contribution >= 0.6 is 22.7 Å². The highest BCUT2D eigenvalue weighted by Crippen LogP contribution is 2.32. The molecule has 1 amide bonds. The standard InChI is InChI=1S/C12H13F3N4OS2/c1-2-6(11-19-8(5-22-11)12(13,14)15)18-10(20)7-4-21-9(3-16)17-7/h4-6H,2-3,16H2,1H3,(H,18,20). The minimum Gasteiger partial charge on any atom is -0.341 e. The molecule has 2 rings (SSSR count). The summed E-state index contributed by atoms with van der Waals surface area (Å²) in [5.41, 5.74) is 4.69. The van der Waals surface area contributed by atoms with Crippen molar-refractivity contribution in [2.24, 2.45) is 5.73 Å². The summed E-state index contributed by atoms with van der Waals surface area (Å²) in [7, 11) is 0. The zero-order valence-electron chi connectivity index (χ0n) is 11.5. The van der Waals surface area contributed by atoms with Crippen molar-refractivity contribution >= 4 is 28.6 Å². The Balaban J connectivity index is 2.11. The van der Waals surface area contributed by atoms with Crippen LogP contribution in [0.4, 0.5) is 13.2 Å². The lowest BCUT2D eigenvalue weighted by molar-refractivity contribution is -0.140. The van der Waals surface area contributed by atoms with Crippen LogP contribution in [-0.2, 0) is 12.7 Å². The van der Waals surface area contributed by atoms with Gasteiger partial charge in [-0.2, -0.15) is 13.2 Å². The maximum atomic E-state index is 12.6. The summed E-state index contributed by atoms with van der Waals surface area (Å²) in [4.78, 5) is 19.7. The van der Waals surface area contributed by atoms with E-state index in [2.05, 4.69) is 15.3 Å². The van der Waals surface area contributed by atoms with Gasteiger partial charge in [-0.05, 0) is 6.42 Å². The molecule has 0 saturated heterocycles. The smallest absolute Gasteiger partial charge is 0.341 e. The molecule has 2 heterocycles. The molecule has 0 aromatic carbocycles. The molecule has 10 heteroatoms. The van der Waals surface area contributed by atoms with E-state index in [0.29, 0.717) is 11.4 Å². The van der Waals surface area contributed by atoms with Crippen LogP contribution in [0.3, 0.4) is 0 Å². The number of nitrogens with zero attached hydrogens (tertiary/aromatic N) is 2. The van der Waals surface area contributed by atoms with E-state index >= 15 is 0 Å². The number of hydrogen-bond donors (Lipinski definition) is 2. The maximum absolute atomic E-state index is 12.6. The lowest BCUT2D eigenvalue weighted by atomic mass is 10.2. The molecule has 0 aliphatic carbocycles. The molecule has 1 atom stereocenters. The molecule has 0 radical (unpaired) electrons. The molecule has 0 bridgehead atoms. The molecule has 5 nitrogen and oxygen atoms in total. The van der Waals surface area contributed by atoms with Gasteiger partial charge in [0.25, 0.3) is 5.91 Å². The predicted octanol–water partition coefficient (Wildman–Crippen LogP) is 2.96. The third-order valence-corrected chi connectivity index (χ3v) is 4.61. The van der Waals surface area contributed by atoms with Gasteiger partial charge in [0.15, 0.2) is 5.69 Å². The number of alkyl halides is 3. The third-order valence-electron chi connectivity index (χ3n) is 2.78. The van der Waals surface area contributed by atoms with E-state index in [1.165, 1.54) is 11.3 Å². The summed E-state index contributed by atoms with van der Waals surface area (Å²) >= 11 is 2.13. The fraction of sp³-hybridized carbons (Fsp3) is 0.417. The predicted molar refractivity (Wildman–Crippen MR) is 77.6 cm³/mol. The molecule has 120 valence electrons. The van der Waals surface area contributed by atoms with Gasteiger partial charge in [0.1, 0.15) is 15.7 Å². The fourth-order valence-electron chi connectivity index (χ4n) is 1.66. The van der Waals surface area contributed by atoms with Crippen molar-refractivity contribution in [1.82, 2.24) is 15.3 Å². The Morgan fingerprint density at radius 2 is 2.09 bits per heavy atom. The quantitative estimate of drug-likeness (QED) is 0.869. The molecule has 22 heavy (non-hydrogen) atoms. The number of hydrogen-bond acceptors (Lipinski definition) is 6. The average Bonchev–Trinajstić information content (AvgIpc) is 3.12. The van der Waals surface area contributed by atoms with Gasteiger partial charge in [-0.3, -0.25) is 4.79 Å². The molecular weight excluding hydrogens is 337 g/mol. The Bertz CT molecular complexity index is 653. The molecule has 2 aromatic heterocycles. The van der Waals surface area contributed by atoms with Crippen molar-refractivity contribution in [3.8, 4) is 0 Å². The molecule has 0 aliphatic heterocycles. The number of carbonyl (C=O) groups excluding carboxylic acids is 1. The molecule has 3 N–H and O–H groups in total. The summed E-state index contributed by atoms with van der Waals surface area (Å²) in [6, 6.07) is -0.586. The first-order valence-corrected chi connectivity index (χ1v) is 8.09. The van der Waals surface area contributed by atoms with Crippen molar-refractivity contribution in [3.05, 3.63) is 32.2 Å². The Morgan fingerprint density at radius 3 is 2.59 bits per heavy atom. The monoisotopic (exact) mass is 350 g/mol. The van der Waals surface area contributed by atoms with Gasteiger partial charge in [0.05, 0.1) is 6.04 Å². The Labute approximate surface area is 132 Å². The van der Waals surface area contributed by atoms with E-state index in [0.717, 1.165) is 16.7 Å². The maximum Gasteiger partial charge on any atom is 0.434 e. The second kappa shape index (κ2) is 6.71. The van der Waals surface area contributed by atoms with E-state index in [1.54, 1.807) is 12.3 Å². The van der Waals surface area contributed by atoms with Crippen LogP contribution in [0.5, 0.6) is 0 Å². The number of amides is 1. The fourth-order valence-corrected chi connectivity index (χ4v) is 3.27. The van der Waals surface area contributed by atoms with Crippen LogP contribution in [0, 0.1) is 0 Å². The second-order valence-corrected chi connectivity index (χ2v) is 6.17. The van der Waals surface area contributed by atoms with Crippen LogP contribution < -0.4 is 11.1 Å². The lowest BCUT2D eigenvalue weighted by Crippen LogP contribution is -2.28. The normalized spacial score (nSPS) is 13.1. The highest BCUT2D eigenvalue weighted by Gasteiger charge is 2.34. The Morgan fingerprint density at radius 1 is 1.36 bits per heavy atom. The zero-order valence-corrected chi connectivity index (χ0v) is 13.1. The SMILES string of the molecule is CCC(NC(=O)c1csc(CN)n1)c1nc(C(F)(F)F)cs1. The van der Waals surface area contributed by atoms with Gasteiger partial charge in [0, 0.05) is 17.3 Å². The highest BCUT2D eigenvalue weighted by molar-refractivity contribution is 7.10. The average molecular weight is 350 g/mol. The summed E-state index contributed by atoms with van der Waals surface area (Å²) in [5, 5.41) is 5.99. The molecule has 1 unspecified atom stereocenters. The van der Waals surface area contributed by atoms with Gasteiger partial charge in [0.2, 0.25) is 0 Å². The molecule has 2 aromatic rings. The van der Waals surface area contributed by atoms with E-state index < -0.39 is 23.8 Å². The van der Waals surface area contributed by atoms with E-state index in [-0.39, 0.29) is 17.2 Å². The first kappa shape index (κ1) is 16.8. The van der Waals surface area contributed by atoms with Gasteiger partial charge in [-0.15, -0.1) is 22.7 Å². The topological polar surface area (TPSA) is 80.9 Å². The number of nitrogens with one attached hydrogen (secondary N) is 1. The second-order valence-electron chi connectivity index (χ2n) is 4.33. The first-order valence-electron chi connectivity index (χ1n) is 6.33. The van der Waals surface area contributed by atoms with Crippen LogP contribution in [0.2, 0.25) is 0 Å². The van der Waals surface area contributed by atoms with E-state index in [9.17, 15) is 18.0 Å². The van der Waals surface area contributed by atoms with Crippen molar-refractivity contribution in [3.63, 3.8) is 0 Å². The van der Waals surface area contributed by atoms with Crippen molar-refractivity contribution in [1.29, 1.82) is 0 Å². The summed E-state index contributed by atoms with van der Waals surface area (Å²) in [6.07, 6.45) is -4.06. The lowest BCUT2D eigenvalue weighted by Gasteiger charge is -2.13. The number of thiazole rings is 2. The van der Waals surface area contributed by atoms with Crippen molar-refractivity contribution in [2.45, 2.75) is 32.1 Å². The molecule has 0 aliphatic rings. The van der Waals surface area contributed by atoms with Gasteiger partial charge in [-0.25, -0.2) is 9.97 Å². The first-order chi connectivity index (χ1) is 10.3. The highest BCUT2D eigenvalue weighted by atomic mass is 32.1. The van der Waals surface area contributed by atoms with Crippen LogP contribution in [0.25, 0.3) is 0 Å². The summed E-state index contributed by atoms with van der Waals surface area (Å²) < 4.78 is 37.7. The number of nitrogens with two attached hydrogens (primary N) is 1. The van der Waals surface area contributed by atoms with Gasteiger partial charge < -0.3 is 11.1 Å². The summed E-state index contributed by atoms with van der Waals surface area (Å²) in [5.74, 6) is -0.452. The largest absolute Gasteiger partial charge is 0.434 e. The van der Waals surface area contributed by atoms with E-state index in [4.69, 9.17) is 5.73 Å². The number of aromatic nitrogens is 2. The molecule has 0 fully saturated rings. The van der Waals surface area contributed by atoms with Gasteiger partial charge >= 0.3 is 6.18 Å².